The first-order valence-electron chi connectivity index (χ1n) is 8.29. The van der Waals surface area contributed by atoms with Crippen molar-refractivity contribution in [3.63, 3.8) is 0 Å². The van der Waals surface area contributed by atoms with Crippen molar-refractivity contribution in [3.05, 3.63) is 35.9 Å². The molecule has 7 heteroatoms. The molecule has 1 fully saturated rings. The first kappa shape index (κ1) is 17.3. The van der Waals surface area contributed by atoms with Gasteiger partial charge in [0.2, 0.25) is 5.88 Å². The first-order chi connectivity index (χ1) is 12.2. The predicted octanol–water partition coefficient (Wildman–Crippen LogP) is 1.82. The highest BCUT2D eigenvalue weighted by atomic mass is 16.5. The van der Waals surface area contributed by atoms with Crippen molar-refractivity contribution in [2.45, 2.75) is 6.54 Å². The van der Waals surface area contributed by atoms with E-state index in [1.807, 2.05) is 24.3 Å². The zero-order valence-electron chi connectivity index (χ0n) is 14.9. The molecular weight excluding hydrogens is 320 g/mol. The second-order valence-electron chi connectivity index (χ2n) is 5.89. The largest absolute Gasteiger partial charge is 0.493 e. The fourth-order valence-electron chi connectivity index (χ4n) is 2.96. The standard InChI is InChI=1S/C18H24N4O3/c1-23-15-5-4-14(12-16(15)24-2)13-21-8-10-22(11-9-21)17-6-7-18(25-3)20-19-17/h4-7,12H,8-11,13H2,1-3H3. The summed E-state index contributed by atoms with van der Waals surface area (Å²) in [7, 11) is 4.91. The Hall–Kier alpha value is -2.54. The van der Waals surface area contributed by atoms with Crippen molar-refractivity contribution < 1.29 is 14.2 Å². The molecule has 7 nitrogen and oxygen atoms in total. The SMILES string of the molecule is COc1ccc(N2CCN(Cc3ccc(OC)c(OC)c3)CC2)nn1. The Kier molecular flexibility index (Phi) is 5.55. The molecule has 0 amide bonds. The van der Waals surface area contributed by atoms with Gasteiger partial charge in [-0.3, -0.25) is 4.90 Å². The first-order valence-corrected chi connectivity index (χ1v) is 8.29. The average molecular weight is 344 g/mol. The third-order valence-corrected chi connectivity index (χ3v) is 4.39. The van der Waals surface area contributed by atoms with Crippen LogP contribution in [-0.2, 0) is 6.54 Å². The monoisotopic (exact) mass is 344 g/mol. The van der Waals surface area contributed by atoms with Gasteiger partial charge in [-0.2, -0.15) is 0 Å². The Morgan fingerprint density at radius 2 is 1.60 bits per heavy atom. The highest BCUT2D eigenvalue weighted by molar-refractivity contribution is 5.43. The van der Waals surface area contributed by atoms with E-state index in [1.165, 1.54) is 5.56 Å². The lowest BCUT2D eigenvalue weighted by Gasteiger charge is -2.35. The molecule has 0 radical (unpaired) electrons. The van der Waals surface area contributed by atoms with Crippen LogP contribution >= 0.6 is 0 Å². The zero-order valence-corrected chi connectivity index (χ0v) is 14.9. The van der Waals surface area contributed by atoms with Gasteiger partial charge in [0.1, 0.15) is 0 Å². The second kappa shape index (κ2) is 8.02. The molecule has 2 heterocycles. The van der Waals surface area contributed by atoms with Crippen LogP contribution in [0.15, 0.2) is 30.3 Å². The van der Waals surface area contributed by atoms with Crippen molar-refractivity contribution in [1.29, 1.82) is 0 Å². The van der Waals surface area contributed by atoms with Gasteiger partial charge in [-0.1, -0.05) is 6.07 Å². The van der Waals surface area contributed by atoms with Crippen LogP contribution in [0.2, 0.25) is 0 Å². The fraction of sp³-hybridized carbons (Fsp3) is 0.444. The zero-order chi connectivity index (χ0) is 17.6. The molecule has 0 bridgehead atoms. The minimum atomic E-state index is 0.538. The number of benzene rings is 1. The molecule has 1 aliphatic heterocycles. The molecule has 0 saturated carbocycles. The second-order valence-corrected chi connectivity index (χ2v) is 5.89. The van der Waals surface area contributed by atoms with Crippen LogP contribution in [-0.4, -0.2) is 62.6 Å². The third kappa shape index (κ3) is 4.11. The molecular formula is C18H24N4O3. The number of rotatable bonds is 6. The van der Waals surface area contributed by atoms with E-state index in [9.17, 15) is 0 Å². The highest BCUT2D eigenvalue weighted by Crippen LogP contribution is 2.28. The Labute approximate surface area is 148 Å². The number of anilines is 1. The average Bonchev–Trinajstić information content (AvgIpc) is 2.68. The smallest absolute Gasteiger partial charge is 0.233 e. The normalized spacial score (nSPS) is 15.1. The Morgan fingerprint density at radius 1 is 0.840 bits per heavy atom. The number of methoxy groups -OCH3 is 3. The van der Waals surface area contributed by atoms with E-state index in [1.54, 1.807) is 21.3 Å². The summed E-state index contributed by atoms with van der Waals surface area (Å²) in [6.45, 7) is 4.69. The lowest BCUT2D eigenvalue weighted by molar-refractivity contribution is 0.248. The summed E-state index contributed by atoms with van der Waals surface area (Å²) in [5.41, 5.74) is 1.22. The topological polar surface area (TPSA) is 60.0 Å². The molecule has 3 rings (SSSR count). The van der Waals surface area contributed by atoms with E-state index in [-0.39, 0.29) is 0 Å². The summed E-state index contributed by atoms with van der Waals surface area (Å²) in [6.07, 6.45) is 0. The number of nitrogens with zero attached hydrogens (tertiary/aromatic N) is 4. The predicted molar refractivity (Wildman–Crippen MR) is 95.6 cm³/mol. The van der Waals surface area contributed by atoms with Crippen LogP contribution in [0, 0.1) is 0 Å². The van der Waals surface area contributed by atoms with Gasteiger partial charge in [0.25, 0.3) is 0 Å². The summed E-state index contributed by atoms with van der Waals surface area (Å²) in [5.74, 6) is 2.96. The van der Waals surface area contributed by atoms with Gasteiger partial charge in [0.05, 0.1) is 21.3 Å². The van der Waals surface area contributed by atoms with Gasteiger partial charge in [-0.25, -0.2) is 0 Å². The summed E-state index contributed by atoms with van der Waals surface area (Å²) < 4.78 is 15.7. The van der Waals surface area contributed by atoms with Crippen LogP contribution in [0.4, 0.5) is 5.82 Å². The minimum Gasteiger partial charge on any atom is -0.493 e. The van der Waals surface area contributed by atoms with Gasteiger partial charge in [0, 0.05) is 38.8 Å². The van der Waals surface area contributed by atoms with E-state index in [0.717, 1.165) is 50.0 Å². The van der Waals surface area contributed by atoms with E-state index in [2.05, 4.69) is 26.1 Å². The molecule has 2 aromatic rings. The minimum absolute atomic E-state index is 0.538. The number of piperazine rings is 1. The molecule has 1 aromatic carbocycles. The van der Waals surface area contributed by atoms with Crippen molar-refractivity contribution in [2.75, 3.05) is 52.4 Å². The van der Waals surface area contributed by atoms with Crippen LogP contribution in [0.25, 0.3) is 0 Å². The molecule has 0 aliphatic carbocycles. The number of hydrogen-bond donors (Lipinski definition) is 0. The maximum absolute atomic E-state index is 5.38. The summed E-state index contributed by atoms with van der Waals surface area (Å²) in [5, 5.41) is 8.27. The van der Waals surface area contributed by atoms with Crippen LogP contribution in [0.1, 0.15) is 5.56 Å². The van der Waals surface area contributed by atoms with E-state index in [0.29, 0.717) is 5.88 Å². The Balaban J connectivity index is 1.57. The molecule has 0 atom stereocenters. The van der Waals surface area contributed by atoms with Crippen LogP contribution < -0.4 is 19.1 Å². The van der Waals surface area contributed by atoms with Gasteiger partial charge in [0.15, 0.2) is 17.3 Å². The van der Waals surface area contributed by atoms with Crippen LogP contribution in [0.3, 0.4) is 0 Å². The molecule has 1 aromatic heterocycles. The third-order valence-electron chi connectivity index (χ3n) is 4.39. The number of hydrogen-bond acceptors (Lipinski definition) is 7. The van der Waals surface area contributed by atoms with Crippen molar-refractivity contribution in [3.8, 4) is 17.4 Å². The number of ether oxygens (including phenoxy) is 3. The van der Waals surface area contributed by atoms with Crippen molar-refractivity contribution in [2.24, 2.45) is 0 Å². The highest BCUT2D eigenvalue weighted by Gasteiger charge is 2.19. The Morgan fingerprint density at radius 3 is 2.20 bits per heavy atom. The summed E-state index contributed by atoms with van der Waals surface area (Å²) in [6, 6.07) is 9.88. The van der Waals surface area contributed by atoms with Gasteiger partial charge < -0.3 is 19.1 Å². The lowest BCUT2D eigenvalue weighted by Crippen LogP contribution is -2.46. The molecule has 0 unspecified atom stereocenters. The molecule has 1 aliphatic rings. The maximum Gasteiger partial charge on any atom is 0.233 e. The quantitative estimate of drug-likeness (QED) is 0.792. The lowest BCUT2D eigenvalue weighted by atomic mass is 10.1. The Bertz CT molecular complexity index is 685. The summed E-state index contributed by atoms with van der Waals surface area (Å²) in [4.78, 5) is 4.67. The maximum atomic E-state index is 5.38. The van der Waals surface area contributed by atoms with E-state index < -0.39 is 0 Å². The van der Waals surface area contributed by atoms with E-state index >= 15 is 0 Å². The molecule has 1 saturated heterocycles. The molecule has 134 valence electrons. The molecule has 0 spiro atoms. The van der Waals surface area contributed by atoms with Gasteiger partial charge in [-0.15, -0.1) is 10.2 Å². The van der Waals surface area contributed by atoms with Gasteiger partial charge in [-0.05, 0) is 23.8 Å². The van der Waals surface area contributed by atoms with Crippen molar-refractivity contribution in [1.82, 2.24) is 15.1 Å². The fourth-order valence-corrected chi connectivity index (χ4v) is 2.96. The van der Waals surface area contributed by atoms with Crippen molar-refractivity contribution >= 4 is 5.82 Å². The molecule has 0 N–H and O–H groups in total. The van der Waals surface area contributed by atoms with Gasteiger partial charge >= 0.3 is 0 Å². The summed E-state index contributed by atoms with van der Waals surface area (Å²) >= 11 is 0. The van der Waals surface area contributed by atoms with E-state index in [4.69, 9.17) is 14.2 Å². The van der Waals surface area contributed by atoms with Crippen LogP contribution in [0.5, 0.6) is 17.4 Å². The number of aromatic nitrogens is 2. The molecule has 25 heavy (non-hydrogen) atoms.